The van der Waals surface area contributed by atoms with Crippen molar-refractivity contribution in [1.82, 2.24) is 14.5 Å². The highest BCUT2D eigenvalue weighted by Crippen LogP contribution is 2.32. The van der Waals surface area contributed by atoms with E-state index in [9.17, 15) is 5.11 Å². The third kappa shape index (κ3) is 6.35. The standard InChI is InChI=1S/C36H39N3O/c1-4-5-21-39-33(34(31-17-11-7-12-18-31)37-36(39)32-19-13-8-14-20-32)26-38(24-29-15-9-6-10-16-29)25-30-22-27(2)35(40)28(3)23-30/h6-20,22-23,40H,4-5,21,24-26H2,1-3H3. The molecular formula is C36H39N3O. The van der Waals surface area contributed by atoms with Crippen LogP contribution in [0.5, 0.6) is 5.75 Å². The van der Waals surface area contributed by atoms with Crippen molar-refractivity contribution in [2.45, 2.75) is 59.8 Å². The first-order chi connectivity index (χ1) is 19.5. The number of phenols is 1. The molecule has 0 aliphatic carbocycles. The van der Waals surface area contributed by atoms with Gasteiger partial charge in [-0.2, -0.15) is 0 Å². The second-order valence-corrected chi connectivity index (χ2v) is 10.7. The topological polar surface area (TPSA) is 41.3 Å². The predicted molar refractivity (Wildman–Crippen MR) is 165 cm³/mol. The van der Waals surface area contributed by atoms with Gasteiger partial charge in [0.15, 0.2) is 0 Å². The van der Waals surface area contributed by atoms with Crippen LogP contribution in [-0.4, -0.2) is 19.6 Å². The van der Waals surface area contributed by atoms with Crippen molar-refractivity contribution >= 4 is 0 Å². The molecule has 5 aromatic rings. The molecule has 0 bridgehead atoms. The minimum atomic E-state index is 0.384. The Kier molecular flexibility index (Phi) is 8.78. The summed E-state index contributed by atoms with van der Waals surface area (Å²) in [6, 6.07) is 36.0. The van der Waals surface area contributed by atoms with Crippen molar-refractivity contribution in [1.29, 1.82) is 0 Å². The van der Waals surface area contributed by atoms with E-state index in [4.69, 9.17) is 4.98 Å². The molecule has 5 rings (SSSR count). The van der Waals surface area contributed by atoms with Crippen LogP contribution in [-0.2, 0) is 26.2 Å². The number of nitrogens with zero attached hydrogens (tertiary/aromatic N) is 3. The zero-order valence-electron chi connectivity index (χ0n) is 23.8. The maximum absolute atomic E-state index is 10.4. The second kappa shape index (κ2) is 12.8. The number of aromatic nitrogens is 2. The van der Waals surface area contributed by atoms with Crippen molar-refractivity contribution in [3.8, 4) is 28.4 Å². The number of phenolic OH excluding ortho intramolecular Hbond substituents is 1. The maximum atomic E-state index is 10.4. The monoisotopic (exact) mass is 529 g/mol. The molecule has 0 saturated carbocycles. The predicted octanol–water partition coefficient (Wildman–Crippen LogP) is 8.54. The summed E-state index contributed by atoms with van der Waals surface area (Å²) in [5, 5.41) is 10.4. The Balaban J connectivity index is 1.62. The molecule has 0 unspecified atom stereocenters. The number of unbranched alkanes of at least 4 members (excludes halogenated alkanes) is 1. The summed E-state index contributed by atoms with van der Waals surface area (Å²) in [6.07, 6.45) is 2.21. The lowest BCUT2D eigenvalue weighted by Gasteiger charge is -2.25. The lowest BCUT2D eigenvalue weighted by atomic mass is 10.0. The summed E-state index contributed by atoms with van der Waals surface area (Å²) in [5.41, 5.74) is 8.88. The highest BCUT2D eigenvalue weighted by atomic mass is 16.3. The lowest BCUT2D eigenvalue weighted by molar-refractivity contribution is 0.241. The average molecular weight is 530 g/mol. The molecule has 0 spiro atoms. The smallest absolute Gasteiger partial charge is 0.140 e. The van der Waals surface area contributed by atoms with Gasteiger partial charge in [-0.3, -0.25) is 4.90 Å². The number of rotatable bonds is 11. The molecule has 0 amide bonds. The van der Waals surface area contributed by atoms with E-state index >= 15 is 0 Å². The fourth-order valence-corrected chi connectivity index (χ4v) is 5.45. The Labute approximate surface area is 238 Å². The Bertz CT molecular complexity index is 1500. The molecule has 40 heavy (non-hydrogen) atoms. The van der Waals surface area contributed by atoms with Crippen LogP contribution < -0.4 is 0 Å². The Morgan fingerprint density at radius 2 is 1.25 bits per heavy atom. The van der Waals surface area contributed by atoms with Crippen molar-refractivity contribution in [3.63, 3.8) is 0 Å². The molecule has 0 atom stereocenters. The van der Waals surface area contributed by atoms with Gasteiger partial charge >= 0.3 is 0 Å². The van der Waals surface area contributed by atoms with Gasteiger partial charge in [-0.25, -0.2) is 4.98 Å². The van der Waals surface area contributed by atoms with Gasteiger partial charge in [-0.05, 0) is 42.5 Å². The number of benzene rings is 4. The Morgan fingerprint density at radius 1 is 0.700 bits per heavy atom. The number of aryl methyl sites for hydroxylation is 2. The van der Waals surface area contributed by atoms with Crippen LogP contribution in [0.3, 0.4) is 0 Å². The number of aromatic hydroxyl groups is 1. The number of hydrogen-bond acceptors (Lipinski definition) is 3. The molecule has 0 fully saturated rings. The first-order valence-electron chi connectivity index (χ1n) is 14.3. The van der Waals surface area contributed by atoms with E-state index in [2.05, 4.69) is 120 Å². The zero-order valence-corrected chi connectivity index (χ0v) is 23.8. The first kappa shape index (κ1) is 27.4. The minimum absolute atomic E-state index is 0.384. The highest BCUT2D eigenvalue weighted by Gasteiger charge is 2.22. The van der Waals surface area contributed by atoms with E-state index in [0.717, 1.165) is 72.8 Å². The van der Waals surface area contributed by atoms with Crippen molar-refractivity contribution < 1.29 is 5.11 Å². The second-order valence-electron chi connectivity index (χ2n) is 10.7. The first-order valence-corrected chi connectivity index (χ1v) is 14.3. The van der Waals surface area contributed by atoms with Crippen molar-refractivity contribution in [2.75, 3.05) is 0 Å². The molecule has 1 aromatic heterocycles. The maximum Gasteiger partial charge on any atom is 0.140 e. The number of hydrogen-bond donors (Lipinski definition) is 1. The summed E-state index contributed by atoms with van der Waals surface area (Å²) in [7, 11) is 0. The summed E-state index contributed by atoms with van der Waals surface area (Å²) in [5.74, 6) is 1.41. The van der Waals surface area contributed by atoms with Gasteiger partial charge in [0, 0.05) is 37.3 Å². The van der Waals surface area contributed by atoms with E-state index in [1.807, 2.05) is 13.8 Å². The molecule has 204 valence electrons. The van der Waals surface area contributed by atoms with Gasteiger partial charge in [0.2, 0.25) is 0 Å². The molecule has 1 N–H and O–H groups in total. The molecule has 4 nitrogen and oxygen atoms in total. The summed E-state index contributed by atoms with van der Waals surface area (Å²) in [4.78, 5) is 7.82. The van der Waals surface area contributed by atoms with Gasteiger partial charge in [0.05, 0.1) is 11.4 Å². The molecule has 0 saturated heterocycles. The molecule has 4 aromatic carbocycles. The zero-order chi connectivity index (χ0) is 27.9. The van der Waals surface area contributed by atoms with Crippen LogP contribution >= 0.6 is 0 Å². The Morgan fingerprint density at radius 3 is 1.85 bits per heavy atom. The normalized spacial score (nSPS) is 11.3. The molecule has 0 aliphatic rings. The van der Waals surface area contributed by atoms with Crippen LogP contribution in [0.4, 0.5) is 0 Å². The minimum Gasteiger partial charge on any atom is -0.507 e. The fraction of sp³-hybridized carbons (Fsp3) is 0.250. The van der Waals surface area contributed by atoms with Gasteiger partial charge < -0.3 is 9.67 Å². The van der Waals surface area contributed by atoms with E-state index in [0.29, 0.717) is 5.75 Å². The van der Waals surface area contributed by atoms with Gasteiger partial charge in [-0.1, -0.05) is 116 Å². The molecule has 0 radical (unpaired) electrons. The lowest BCUT2D eigenvalue weighted by Crippen LogP contribution is -2.24. The third-order valence-corrected chi connectivity index (χ3v) is 7.47. The third-order valence-electron chi connectivity index (χ3n) is 7.47. The highest BCUT2D eigenvalue weighted by molar-refractivity contribution is 5.68. The van der Waals surface area contributed by atoms with E-state index in [-0.39, 0.29) is 0 Å². The summed E-state index contributed by atoms with van der Waals surface area (Å²) < 4.78 is 2.45. The van der Waals surface area contributed by atoms with E-state index in [1.165, 1.54) is 16.8 Å². The molecule has 1 heterocycles. The molecule has 0 aliphatic heterocycles. The summed E-state index contributed by atoms with van der Waals surface area (Å²) >= 11 is 0. The average Bonchev–Trinajstić information content (AvgIpc) is 3.34. The van der Waals surface area contributed by atoms with Crippen LogP contribution in [0.2, 0.25) is 0 Å². The van der Waals surface area contributed by atoms with E-state index in [1.54, 1.807) is 0 Å². The van der Waals surface area contributed by atoms with Gasteiger partial charge in [0.25, 0.3) is 0 Å². The SMILES string of the molecule is CCCCn1c(-c2ccccc2)nc(-c2ccccc2)c1CN(Cc1ccccc1)Cc1cc(C)c(O)c(C)c1. The van der Waals surface area contributed by atoms with Crippen LogP contribution in [0.25, 0.3) is 22.6 Å². The van der Waals surface area contributed by atoms with E-state index < -0.39 is 0 Å². The van der Waals surface area contributed by atoms with Gasteiger partial charge in [0.1, 0.15) is 11.6 Å². The largest absolute Gasteiger partial charge is 0.507 e. The van der Waals surface area contributed by atoms with Gasteiger partial charge in [-0.15, -0.1) is 0 Å². The van der Waals surface area contributed by atoms with Crippen LogP contribution in [0.15, 0.2) is 103 Å². The van der Waals surface area contributed by atoms with Crippen molar-refractivity contribution in [3.05, 3.63) is 131 Å². The fourth-order valence-electron chi connectivity index (χ4n) is 5.45. The summed E-state index contributed by atoms with van der Waals surface area (Å²) in [6.45, 7) is 9.46. The molecule has 4 heteroatoms. The number of imidazole rings is 1. The molecular weight excluding hydrogens is 490 g/mol. The van der Waals surface area contributed by atoms with Crippen molar-refractivity contribution in [2.24, 2.45) is 0 Å². The Hall–Kier alpha value is -4.15. The van der Waals surface area contributed by atoms with Crippen LogP contribution in [0, 0.1) is 13.8 Å². The van der Waals surface area contributed by atoms with Crippen LogP contribution in [0.1, 0.15) is 47.7 Å². The quantitative estimate of drug-likeness (QED) is 0.186.